The predicted octanol–water partition coefficient (Wildman–Crippen LogP) is 3.33. The Morgan fingerprint density at radius 2 is 1.58 bits per heavy atom. The molecule has 0 spiro atoms. The van der Waals surface area contributed by atoms with E-state index in [0.717, 1.165) is 9.79 Å². The van der Waals surface area contributed by atoms with Crippen molar-refractivity contribution in [2.24, 2.45) is 5.16 Å². The second-order valence-electron chi connectivity index (χ2n) is 5.26. The Kier molecular flexibility index (Phi) is 7.37. The molecule has 0 saturated carbocycles. The molecule has 0 aliphatic heterocycles. The minimum Gasteiger partial charge on any atom is -0.491 e. The second kappa shape index (κ2) is 9.74. The van der Waals surface area contributed by atoms with Gasteiger partial charge < -0.3 is 14.7 Å². The van der Waals surface area contributed by atoms with Crippen LogP contribution in [0.5, 0.6) is 5.75 Å². The summed E-state index contributed by atoms with van der Waals surface area (Å²) >= 11 is 1.55. The maximum Gasteiger partial charge on any atom is 0.331 e. The van der Waals surface area contributed by atoms with E-state index < -0.39 is 5.97 Å². The molecule has 2 rings (SSSR count). The van der Waals surface area contributed by atoms with Gasteiger partial charge >= 0.3 is 5.97 Å². The molecule has 0 radical (unpaired) electrons. The van der Waals surface area contributed by atoms with E-state index in [1.54, 1.807) is 23.9 Å². The number of rotatable bonds is 8. The van der Waals surface area contributed by atoms with Crippen LogP contribution in [0.3, 0.4) is 0 Å². The van der Waals surface area contributed by atoms with Crippen molar-refractivity contribution >= 4 is 29.2 Å². The van der Waals surface area contributed by atoms with Crippen molar-refractivity contribution < 1.29 is 24.3 Å². The lowest BCUT2D eigenvalue weighted by atomic mass is 10.1. The number of ketones is 1. The molecule has 0 aromatic heterocycles. The summed E-state index contributed by atoms with van der Waals surface area (Å²) in [6.45, 7) is 2.96. The number of Topliss-reactive ketones (excluding diaryl/α,β-unsaturated/α-hetero) is 1. The SMILES string of the molecule is CC(=O)O/N=C(/C)C(=O)c1ccc(Sc2ccc(OCCO)cc2)cc1. The van der Waals surface area contributed by atoms with E-state index in [-0.39, 0.29) is 24.7 Å². The Labute approximate surface area is 155 Å². The van der Waals surface area contributed by atoms with E-state index in [1.165, 1.54) is 13.8 Å². The van der Waals surface area contributed by atoms with Crippen LogP contribution in [-0.4, -0.2) is 35.8 Å². The number of aliphatic hydroxyl groups is 1. The molecule has 2 aromatic carbocycles. The highest BCUT2D eigenvalue weighted by Crippen LogP contribution is 2.29. The molecule has 0 aliphatic carbocycles. The molecular weight excluding hydrogens is 354 g/mol. The third-order valence-electron chi connectivity index (χ3n) is 3.18. The van der Waals surface area contributed by atoms with Crippen molar-refractivity contribution in [3.63, 3.8) is 0 Å². The summed E-state index contributed by atoms with van der Waals surface area (Å²) in [5.74, 6) is -0.170. The van der Waals surface area contributed by atoms with Crippen molar-refractivity contribution in [3.05, 3.63) is 54.1 Å². The summed E-state index contributed by atoms with van der Waals surface area (Å²) in [4.78, 5) is 29.4. The molecule has 26 heavy (non-hydrogen) atoms. The van der Waals surface area contributed by atoms with Gasteiger partial charge in [0.2, 0.25) is 5.78 Å². The topological polar surface area (TPSA) is 85.2 Å². The lowest BCUT2D eigenvalue weighted by Crippen LogP contribution is -2.11. The quantitative estimate of drug-likeness (QED) is 0.331. The van der Waals surface area contributed by atoms with Gasteiger partial charge in [-0.25, -0.2) is 4.79 Å². The Morgan fingerprint density at radius 1 is 1.00 bits per heavy atom. The molecule has 0 amide bonds. The third kappa shape index (κ3) is 6.02. The number of nitrogens with zero attached hydrogens (tertiary/aromatic N) is 1. The van der Waals surface area contributed by atoms with Gasteiger partial charge in [-0.2, -0.15) is 0 Å². The number of carbonyl (C=O) groups excluding carboxylic acids is 2. The molecule has 136 valence electrons. The predicted molar refractivity (Wildman–Crippen MR) is 98.8 cm³/mol. The number of hydrogen-bond acceptors (Lipinski definition) is 7. The number of oxime groups is 1. The van der Waals surface area contributed by atoms with Gasteiger partial charge in [-0.3, -0.25) is 4.79 Å². The van der Waals surface area contributed by atoms with Crippen molar-refractivity contribution in [1.29, 1.82) is 0 Å². The molecule has 0 atom stereocenters. The summed E-state index contributed by atoms with van der Waals surface area (Å²) in [5.41, 5.74) is 0.578. The van der Waals surface area contributed by atoms with Gasteiger partial charge in [0.1, 0.15) is 18.1 Å². The Bertz CT molecular complexity index is 785. The number of carbonyl (C=O) groups is 2. The van der Waals surface area contributed by atoms with Crippen LogP contribution >= 0.6 is 11.8 Å². The van der Waals surface area contributed by atoms with Crippen LogP contribution in [0, 0.1) is 0 Å². The zero-order valence-corrected chi connectivity index (χ0v) is 15.3. The van der Waals surface area contributed by atoms with Gasteiger partial charge in [0.15, 0.2) is 0 Å². The molecule has 0 bridgehead atoms. The first-order valence-electron chi connectivity index (χ1n) is 7.88. The summed E-state index contributed by atoms with van der Waals surface area (Å²) in [6, 6.07) is 14.6. The number of ether oxygens (including phenoxy) is 1. The highest BCUT2D eigenvalue weighted by molar-refractivity contribution is 7.99. The fourth-order valence-electron chi connectivity index (χ4n) is 1.96. The minimum absolute atomic E-state index is 0.0212. The van der Waals surface area contributed by atoms with Crippen molar-refractivity contribution in [2.45, 2.75) is 23.6 Å². The molecule has 0 saturated heterocycles. The van der Waals surface area contributed by atoms with Gasteiger partial charge in [-0.15, -0.1) is 0 Å². The molecule has 6 nitrogen and oxygen atoms in total. The summed E-state index contributed by atoms with van der Waals surface area (Å²) in [5, 5.41) is 12.2. The largest absolute Gasteiger partial charge is 0.491 e. The average Bonchev–Trinajstić information content (AvgIpc) is 2.65. The third-order valence-corrected chi connectivity index (χ3v) is 4.19. The number of hydrogen-bond donors (Lipinski definition) is 1. The zero-order chi connectivity index (χ0) is 18.9. The summed E-state index contributed by atoms with van der Waals surface area (Å²) < 4.78 is 5.32. The van der Waals surface area contributed by atoms with Crippen molar-refractivity contribution in [1.82, 2.24) is 0 Å². The standard InChI is InChI=1S/C19H19NO5S/c1-13(20-25-14(2)22)19(23)15-3-7-17(8-4-15)26-18-9-5-16(6-10-18)24-12-11-21/h3-10,21H,11-12H2,1-2H3/b20-13-. The van der Waals surface area contributed by atoms with E-state index in [1.807, 2.05) is 36.4 Å². The first kappa shape index (κ1) is 19.7. The van der Waals surface area contributed by atoms with Gasteiger partial charge in [-0.1, -0.05) is 16.9 Å². The molecule has 0 aliphatic rings. The molecule has 7 heteroatoms. The molecule has 0 unspecified atom stereocenters. The number of benzene rings is 2. The van der Waals surface area contributed by atoms with E-state index in [9.17, 15) is 9.59 Å². The summed E-state index contributed by atoms with van der Waals surface area (Å²) in [6.07, 6.45) is 0. The van der Waals surface area contributed by atoms with Crippen LogP contribution in [0.2, 0.25) is 0 Å². The van der Waals surface area contributed by atoms with Crippen LogP contribution in [0.4, 0.5) is 0 Å². The molecule has 1 N–H and O–H groups in total. The van der Waals surface area contributed by atoms with Crippen LogP contribution < -0.4 is 4.74 Å². The van der Waals surface area contributed by atoms with Gasteiger partial charge in [0.25, 0.3) is 0 Å². The maximum atomic E-state index is 12.2. The van der Waals surface area contributed by atoms with Crippen molar-refractivity contribution in [2.75, 3.05) is 13.2 Å². The highest BCUT2D eigenvalue weighted by Gasteiger charge is 2.11. The van der Waals surface area contributed by atoms with E-state index in [0.29, 0.717) is 11.3 Å². The second-order valence-corrected chi connectivity index (χ2v) is 6.41. The molecule has 0 heterocycles. The fourth-order valence-corrected chi connectivity index (χ4v) is 2.78. The lowest BCUT2D eigenvalue weighted by molar-refractivity contribution is -0.140. The Hall–Kier alpha value is -2.64. The zero-order valence-electron chi connectivity index (χ0n) is 14.5. The normalized spacial score (nSPS) is 11.1. The first-order chi connectivity index (χ1) is 12.5. The fraction of sp³-hybridized carbons (Fsp3) is 0.211. The molecule has 0 fully saturated rings. The maximum absolute atomic E-state index is 12.2. The van der Waals surface area contributed by atoms with E-state index in [4.69, 9.17) is 9.84 Å². The van der Waals surface area contributed by atoms with Crippen LogP contribution in [0.15, 0.2) is 63.5 Å². The smallest absolute Gasteiger partial charge is 0.331 e. The molecular formula is C19H19NO5S. The number of aliphatic hydroxyl groups excluding tert-OH is 1. The monoisotopic (exact) mass is 373 g/mol. The minimum atomic E-state index is -0.573. The van der Waals surface area contributed by atoms with Crippen LogP contribution in [0.25, 0.3) is 0 Å². The van der Waals surface area contributed by atoms with Gasteiger partial charge in [0, 0.05) is 22.3 Å². The summed E-state index contributed by atoms with van der Waals surface area (Å²) in [7, 11) is 0. The first-order valence-corrected chi connectivity index (χ1v) is 8.70. The Balaban J connectivity index is 1.99. The van der Waals surface area contributed by atoms with Crippen molar-refractivity contribution in [3.8, 4) is 5.75 Å². The van der Waals surface area contributed by atoms with Gasteiger partial charge in [0.05, 0.1) is 6.61 Å². The van der Waals surface area contributed by atoms with Gasteiger partial charge in [-0.05, 0) is 55.5 Å². The lowest BCUT2D eigenvalue weighted by Gasteiger charge is -2.06. The Morgan fingerprint density at radius 3 is 2.12 bits per heavy atom. The molecule has 2 aromatic rings. The highest BCUT2D eigenvalue weighted by atomic mass is 32.2. The van der Waals surface area contributed by atoms with Crippen LogP contribution in [0.1, 0.15) is 24.2 Å². The van der Waals surface area contributed by atoms with Crippen LogP contribution in [-0.2, 0) is 9.63 Å². The average molecular weight is 373 g/mol. The van der Waals surface area contributed by atoms with E-state index in [2.05, 4.69) is 9.99 Å². The van der Waals surface area contributed by atoms with E-state index >= 15 is 0 Å².